The second-order valence-corrected chi connectivity index (χ2v) is 5.81. The van der Waals surface area contributed by atoms with Crippen molar-refractivity contribution in [3.63, 3.8) is 0 Å². The molecular weight excluding hydrogens is 358 g/mol. The van der Waals surface area contributed by atoms with E-state index in [4.69, 9.17) is 5.11 Å². The summed E-state index contributed by atoms with van der Waals surface area (Å²) < 4.78 is 28.1. The Kier molecular flexibility index (Phi) is 4.68. The summed E-state index contributed by atoms with van der Waals surface area (Å²) in [7, 11) is 0. The molecule has 0 saturated heterocycles. The lowest BCUT2D eigenvalue weighted by Crippen LogP contribution is -2.09. The number of pyridine rings is 2. The van der Waals surface area contributed by atoms with Gasteiger partial charge in [-0.15, -0.1) is 0 Å². The molecule has 138 valence electrons. The molecule has 0 aliphatic carbocycles. The summed E-state index contributed by atoms with van der Waals surface area (Å²) >= 11 is 0. The number of aromatic nitrogens is 2. The number of aryl methyl sites for hydroxylation is 1. The van der Waals surface area contributed by atoms with Gasteiger partial charge in [0.15, 0.2) is 0 Å². The molecule has 3 aromatic rings. The SMILES string of the molecule is CC(=O)Nc1cc2nc(C)c(-c3cc(NC(=O)O)c(F)cc3F)cc2cn1. The maximum absolute atomic E-state index is 14.3. The van der Waals surface area contributed by atoms with Crippen molar-refractivity contribution in [3.05, 3.63) is 47.8 Å². The van der Waals surface area contributed by atoms with Crippen LogP contribution < -0.4 is 10.6 Å². The number of fused-ring (bicyclic) bond motifs is 1. The summed E-state index contributed by atoms with van der Waals surface area (Å²) in [6.45, 7) is 2.99. The van der Waals surface area contributed by atoms with Crippen LogP contribution in [-0.2, 0) is 4.79 Å². The molecule has 0 radical (unpaired) electrons. The van der Waals surface area contributed by atoms with E-state index in [1.54, 1.807) is 19.1 Å². The normalized spacial score (nSPS) is 10.7. The predicted molar refractivity (Wildman–Crippen MR) is 95.6 cm³/mol. The monoisotopic (exact) mass is 372 g/mol. The van der Waals surface area contributed by atoms with Gasteiger partial charge in [0.1, 0.15) is 17.5 Å². The summed E-state index contributed by atoms with van der Waals surface area (Å²) in [5.41, 5.74) is 0.966. The van der Waals surface area contributed by atoms with Crippen LogP contribution in [-0.4, -0.2) is 27.1 Å². The minimum Gasteiger partial charge on any atom is -0.465 e. The topological polar surface area (TPSA) is 104 Å². The Hall–Kier alpha value is -3.62. The molecule has 0 atom stereocenters. The van der Waals surface area contributed by atoms with Crippen molar-refractivity contribution in [2.24, 2.45) is 0 Å². The Morgan fingerprint density at radius 2 is 1.78 bits per heavy atom. The maximum Gasteiger partial charge on any atom is 0.409 e. The summed E-state index contributed by atoms with van der Waals surface area (Å²) in [6.07, 6.45) is 0.00324. The molecule has 0 saturated carbocycles. The third kappa shape index (κ3) is 3.81. The average Bonchev–Trinajstić information content (AvgIpc) is 2.56. The molecule has 3 rings (SSSR count). The van der Waals surface area contributed by atoms with Crippen LogP contribution in [0.25, 0.3) is 22.0 Å². The van der Waals surface area contributed by atoms with Crippen LogP contribution in [0.15, 0.2) is 30.5 Å². The van der Waals surface area contributed by atoms with Gasteiger partial charge in [-0.2, -0.15) is 0 Å². The number of hydrogen-bond donors (Lipinski definition) is 3. The zero-order valence-corrected chi connectivity index (χ0v) is 14.3. The first-order chi connectivity index (χ1) is 12.7. The van der Waals surface area contributed by atoms with Crippen LogP contribution >= 0.6 is 0 Å². The molecule has 0 spiro atoms. The standard InChI is InChI=1S/C18H14F2N4O3/c1-8-11(12-4-16(24-18(26)27)14(20)5-13(12)19)3-10-7-21-17(23-9(2)25)6-15(10)22-8/h3-7,24H,1-2H3,(H,26,27)(H,21,23,25). The number of carbonyl (C=O) groups is 2. The third-order valence-corrected chi connectivity index (χ3v) is 3.78. The Labute approximate surface area is 152 Å². The molecule has 27 heavy (non-hydrogen) atoms. The number of nitrogens with zero attached hydrogens (tertiary/aromatic N) is 2. The molecule has 0 bridgehead atoms. The minimum absolute atomic E-state index is 0.00186. The first-order valence-corrected chi connectivity index (χ1v) is 7.79. The van der Waals surface area contributed by atoms with Crippen molar-refractivity contribution in [2.75, 3.05) is 10.6 Å². The number of anilines is 2. The van der Waals surface area contributed by atoms with Gasteiger partial charge in [-0.25, -0.2) is 18.6 Å². The van der Waals surface area contributed by atoms with Gasteiger partial charge >= 0.3 is 6.09 Å². The molecule has 9 heteroatoms. The average molecular weight is 372 g/mol. The predicted octanol–water partition coefficient (Wildman–Crippen LogP) is 3.93. The van der Waals surface area contributed by atoms with Crippen LogP contribution in [0.3, 0.4) is 0 Å². The van der Waals surface area contributed by atoms with Crippen molar-refractivity contribution in [1.82, 2.24) is 9.97 Å². The zero-order valence-electron chi connectivity index (χ0n) is 14.3. The molecule has 2 heterocycles. The molecule has 1 aromatic carbocycles. The second kappa shape index (κ2) is 6.94. The van der Waals surface area contributed by atoms with Crippen molar-refractivity contribution in [2.45, 2.75) is 13.8 Å². The highest BCUT2D eigenvalue weighted by Gasteiger charge is 2.16. The smallest absolute Gasteiger partial charge is 0.409 e. The molecule has 0 aliphatic rings. The molecule has 7 nitrogen and oxygen atoms in total. The first kappa shape index (κ1) is 18.2. The molecular formula is C18H14F2N4O3. The van der Waals surface area contributed by atoms with Gasteiger partial charge in [-0.05, 0) is 19.1 Å². The number of benzene rings is 1. The number of carbonyl (C=O) groups excluding carboxylic acids is 1. The maximum atomic E-state index is 14.3. The van der Waals surface area contributed by atoms with Crippen LogP contribution in [0.1, 0.15) is 12.6 Å². The lowest BCUT2D eigenvalue weighted by atomic mass is 10.0. The fraction of sp³-hybridized carbons (Fsp3) is 0.111. The molecule has 2 amide bonds. The number of rotatable bonds is 3. The summed E-state index contributed by atoms with van der Waals surface area (Å²) in [5.74, 6) is -1.82. The first-order valence-electron chi connectivity index (χ1n) is 7.79. The van der Waals surface area contributed by atoms with E-state index >= 15 is 0 Å². The van der Waals surface area contributed by atoms with Gasteiger partial charge in [0.2, 0.25) is 5.91 Å². The molecule has 0 unspecified atom stereocenters. The fourth-order valence-corrected chi connectivity index (χ4v) is 2.65. The molecule has 0 aliphatic heterocycles. The van der Waals surface area contributed by atoms with Crippen LogP contribution in [0.4, 0.5) is 25.1 Å². The summed E-state index contributed by atoms with van der Waals surface area (Å²) in [4.78, 5) is 30.4. The highest BCUT2D eigenvalue weighted by molar-refractivity contribution is 5.92. The van der Waals surface area contributed by atoms with Gasteiger partial charge < -0.3 is 10.4 Å². The fourth-order valence-electron chi connectivity index (χ4n) is 2.65. The minimum atomic E-state index is -1.46. The van der Waals surface area contributed by atoms with Crippen LogP contribution in [0, 0.1) is 18.6 Å². The van der Waals surface area contributed by atoms with E-state index in [1.807, 2.05) is 5.32 Å². The van der Waals surface area contributed by atoms with Crippen molar-refractivity contribution in [1.29, 1.82) is 0 Å². The van der Waals surface area contributed by atoms with Crippen molar-refractivity contribution < 1.29 is 23.5 Å². The number of nitrogens with one attached hydrogen (secondary N) is 2. The number of amides is 2. The van der Waals surface area contributed by atoms with E-state index < -0.39 is 17.7 Å². The van der Waals surface area contributed by atoms with Crippen molar-refractivity contribution in [3.8, 4) is 11.1 Å². The Bertz CT molecular complexity index is 1090. The molecule has 2 aromatic heterocycles. The molecule has 0 fully saturated rings. The Morgan fingerprint density at radius 1 is 1.04 bits per heavy atom. The van der Waals surface area contributed by atoms with E-state index in [2.05, 4.69) is 15.3 Å². The largest absolute Gasteiger partial charge is 0.465 e. The van der Waals surface area contributed by atoms with Gasteiger partial charge in [0.25, 0.3) is 0 Å². The van der Waals surface area contributed by atoms with E-state index in [1.165, 1.54) is 13.1 Å². The van der Waals surface area contributed by atoms with Crippen LogP contribution in [0.5, 0.6) is 0 Å². The van der Waals surface area contributed by atoms with Crippen molar-refractivity contribution >= 4 is 34.4 Å². The number of carboxylic acid groups (broad SMARTS) is 1. The molecule has 3 N–H and O–H groups in total. The summed E-state index contributed by atoms with van der Waals surface area (Å²) in [6, 6.07) is 4.88. The third-order valence-electron chi connectivity index (χ3n) is 3.78. The highest BCUT2D eigenvalue weighted by atomic mass is 19.1. The Balaban J connectivity index is 2.13. The number of hydrogen-bond acceptors (Lipinski definition) is 4. The van der Waals surface area contributed by atoms with Gasteiger partial charge in [-0.3, -0.25) is 15.1 Å². The van der Waals surface area contributed by atoms with Crippen LogP contribution in [0.2, 0.25) is 0 Å². The number of halogens is 2. The lowest BCUT2D eigenvalue weighted by Gasteiger charge is -2.12. The zero-order chi connectivity index (χ0) is 19.7. The van der Waals surface area contributed by atoms with E-state index in [-0.39, 0.29) is 17.2 Å². The van der Waals surface area contributed by atoms with Gasteiger partial charge in [0.05, 0.1) is 11.2 Å². The van der Waals surface area contributed by atoms with Gasteiger partial charge in [0, 0.05) is 47.5 Å². The quantitative estimate of drug-likeness (QED) is 0.646. The van der Waals surface area contributed by atoms with Gasteiger partial charge in [-0.1, -0.05) is 0 Å². The van der Waals surface area contributed by atoms with E-state index in [9.17, 15) is 18.4 Å². The lowest BCUT2D eigenvalue weighted by molar-refractivity contribution is -0.114. The summed E-state index contributed by atoms with van der Waals surface area (Å²) in [5, 5.41) is 13.8. The second-order valence-electron chi connectivity index (χ2n) is 5.81. The highest BCUT2D eigenvalue weighted by Crippen LogP contribution is 2.32. The van der Waals surface area contributed by atoms with E-state index in [0.717, 1.165) is 6.07 Å². The van der Waals surface area contributed by atoms with E-state index in [0.29, 0.717) is 34.0 Å². The Morgan fingerprint density at radius 3 is 2.44 bits per heavy atom.